The first kappa shape index (κ1) is 18.9. The Morgan fingerprint density at radius 2 is 1.93 bits per heavy atom. The Labute approximate surface area is 174 Å². The number of halogens is 2. The van der Waals surface area contributed by atoms with E-state index in [1.807, 2.05) is 24.3 Å². The fraction of sp³-hybridized carbons (Fsp3) is 0.182. The Morgan fingerprint density at radius 3 is 2.71 bits per heavy atom. The monoisotopic (exact) mass is 411 g/mol. The topological polar surface area (TPSA) is 45.2 Å². The molecular weight excluding hydrogens is 393 g/mol. The number of aromatic nitrogens is 1. The van der Waals surface area contributed by atoms with Crippen LogP contribution in [0.15, 0.2) is 60.9 Å². The Morgan fingerprint density at radius 1 is 1.14 bits per heavy atom. The van der Waals surface area contributed by atoms with Gasteiger partial charge in [-0.1, -0.05) is 35.3 Å². The third kappa shape index (κ3) is 3.90. The summed E-state index contributed by atoms with van der Waals surface area (Å²) in [6.07, 6.45) is 3.21. The summed E-state index contributed by atoms with van der Waals surface area (Å²) in [5, 5.41) is 4.30. The van der Waals surface area contributed by atoms with Gasteiger partial charge in [-0.05, 0) is 60.1 Å². The van der Waals surface area contributed by atoms with Crippen molar-refractivity contribution in [3.63, 3.8) is 0 Å². The molecule has 0 fully saturated rings. The van der Waals surface area contributed by atoms with Crippen LogP contribution in [0.3, 0.4) is 0 Å². The number of benzene rings is 2. The zero-order valence-electron chi connectivity index (χ0n) is 15.3. The van der Waals surface area contributed by atoms with Gasteiger partial charge in [0.05, 0.1) is 0 Å². The van der Waals surface area contributed by atoms with Gasteiger partial charge in [-0.3, -0.25) is 9.78 Å². The van der Waals surface area contributed by atoms with Crippen molar-refractivity contribution in [1.82, 2.24) is 9.88 Å². The first-order chi connectivity index (χ1) is 13.5. The molecule has 1 amide bonds. The molecule has 1 aliphatic heterocycles. The van der Waals surface area contributed by atoms with E-state index in [1.165, 1.54) is 0 Å². The Kier molecular flexibility index (Phi) is 5.36. The number of anilines is 1. The molecule has 1 aromatic heterocycles. The number of carbonyl (C=O) groups is 1. The number of likely N-dealkylation sites (N-methyl/N-ethyl adjacent to an activating group) is 1. The van der Waals surface area contributed by atoms with Crippen LogP contribution in [0, 0.1) is 0 Å². The molecule has 4 nitrogen and oxygen atoms in total. The molecular formula is C22H19Cl2N3O. The van der Waals surface area contributed by atoms with Gasteiger partial charge in [0.2, 0.25) is 0 Å². The number of hydrogen-bond acceptors (Lipinski definition) is 3. The maximum atomic E-state index is 12.5. The van der Waals surface area contributed by atoms with E-state index in [0.717, 1.165) is 35.5 Å². The van der Waals surface area contributed by atoms with Crippen LogP contribution in [0.1, 0.15) is 33.0 Å². The van der Waals surface area contributed by atoms with Gasteiger partial charge < -0.3 is 10.2 Å². The standard InChI is InChI=1S/C22H19Cl2N3O/c1-27-12-19(18-10-16(23)11-21(24)20(18)13-27)15-3-2-4-17(9-15)26-22(28)14-5-7-25-8-6-14/h2-11,19H,12-13H2,1H3,(H,26,28). The highest BCUT2D eigenvalue weighted by Crippen LogP contribution is 2.38. The highest BCUT2D eigenvalue weighted by molar-refractivity contribution is 6.35. The van der Waals surface area contributed by atoms with Crippen LogP contribution in [0.5, 0.6) is 0 Å². The van der Waals surface area contributed by atoms with Crippen LogP contribution >= 0.6 is 23.2 Å². The van der Waals surface area contributed by atoms with Crippen molar-refractivity contribution in [2.75, 3.05) is 18.9 Å². The van der Waals surface area contributed by atoms with Crippen molar-refractivity contribution >= 4 is 34.8 Å². The molecule has 1 atom stereocenters. The van der Waals surface area contributed by atoms with E-state index in [-0.39, 0.29) is 11.8 Å². The smallest absolute Gasteiger partial charge is 0.255 e. The Bertz CT molecular complexity index is 1020. The summed E-state index contributed by atoms with van der Waals surface area (Å²) in [6, 6.07) is 15.1. The molecule has 6 heteroatoms. The van der Waals surface area contributed by atoms with Crippen LogP contribution in [0.25, 0.3) is 0 Å². The lowest BCUT2D eigenvalue weighted by Crippen LogP contribution is -2.31. The fourth-order valence-electron chi connectivity index (χ4n) is 3.67. The third-order valence-corrected chi connectivity index (χ3v) is 5.54. The maximum absolute atomic E-state index is 12.5. The summed E-state index contributed by atoms with van der Waals surface area (Å²) in [7, 11) is 2.08. The van der Waals surface area contributed by atoms with E-state index in [4.69, 9.17) is 23.2 Å². The molecule has 2 heterocycles. The minimum absolute atomic E-state index is 0.128. The van der Waals surface area contributed by atoms with Gasteiger partial charge in [0.25, 0.3) is 5.91 Å². The number of pyridine rings is 1. The molecule has 3 aromatic rings. The lowest BCUT2D eigenvalue weighted by Gasteiger charge is -2.33. The zero-order chi connectivity index (χ0) is 19.7. The number of nitrogens with zero attached hydrogens (tertiary/aromatic N) is 2. The number of fused-ring (bicyclic) bond motifs is 1. The number of rotatable bonds is 3. The van der Waals surface area contributed by atoms with Crippen molar-refractivity contribution in [2.24, 2.45) is 0 Å². The molecule has 1 N–H and O–H groups in total. The van der Waals surface area contributed by atoms with Crippen LogP contribution in [-0.2, 0) is 6.54 Å². The van der Waals surface area contributed by atoms with Crippen LogP contribution in [0.2, 0.25) is 10.0 Å². The second-order valence-corrected chi connectivity index (χ2v) is 7.86. The predicted octanol–water partition coefficient (Wildman–Crippen LogP) is 5.22. The number of nitrogens with one attached hydrogen (secondary N) is 1. The quantitative estimate of drug-likeness (QED) is 0.642. The molecule has 0 saturated heterocycles. The van der Waals surface area contributed by atoms with E-state index in [1.54, 1.807) is 30.6 Å². The maximum Gasteiger partial charge on any atom is 0.255 e. The first-order valence-electron chi connectivity index (χ1n) is 8.99. The van der Waals surface area contributed by atoms with E-state index in [9.17, 15) is 4.79 Å². The first-order valence-corrected chi connectivity index (χ1v) is 9.74. The minimum atomic E-state index is -0.160. The molecule has 0 radical (unpaired) electrons. The highest BCUT2D eigenvalue weighted by atomic mass is 35.5. The number of amides is 1. The van der Waals surface area contributed by atoms with Gasteiger partial charge in [0, 0.05) is 52.7 Å². The largest absolute Gasteiger partial charge is 0.322 e. The van der Waals surface area contributed by atoms with E-state index >= 15 is 0 Å². The summed E-state index contributed by atoms with van der Waals surface area (Å²) >= 11 is 12.7. The normalized spacial score (nSPS) is 16.5. The lowest BCUT2D eigenvalue weighted by atomic mass is 9.84. The molecule has 0 spiro atoms. The van der Waals surface area contributed by atoms with Gasteiger partial charge in [0.1, 0.15) is 0 Å². The van der Waals surface area contributed by atoms with Crippen LogP contribution in [-0.4, -0.2) is 29.4 Å². The highest BCUT2D eigenvalue weighted by Gasteiger charge is 2.27. The molecule has 2 aromatic carbocycles. The predicted molar refractivity (Wildman–Crippen MR) is 113 cm³/mol. The minimum Gasteiger partial charge on any atom is -0.322 e. The molecule has 1 unspecified atom stereocenters. The SMILES string of the molecule is CN1Cc2c(Cl)cc(Cl)cc2C(c2cccc(NC(=O)c3ccncc3)c2)C1. The Hall–Kier alpha value is -2.40. The average Bonchev–Trinajstić information content (AvgIpc) is 2.69. The molecule has 4 rings (SSSR count). The summed E-state index contributed by atoms with van der Waals surface area (Å²) in [5.41, 5.74) is 4.69. The molecule has 28 heavy (non-hydrogen) atoms. The molecule has 1 aliphatic rings. The van der Waals surface area contributed by atoms with Gasteiger partial charge in [0.15, 0.2) is 0 Å². The number of carbonyl (C=O) groups excluding carboxylic acids is 1. The number of hydrogen-bond donors (Lipinski definition) is 1. The second-order valence-electron chi connectivity index (χ2n) is 7.02. The van der Waals surface area contributed by atoms with Gasteiger partial charge in [-0.25, -0.2) is 0 Å². The molecule has 142 valence electrons. The van der Waals surface area contributed by atoms with Gasteiger partial charge in [-0.2, -0.15) is 0 Å². The fourth-order valence-corrected chi connectivity index (χ4v) is 4.24. The lowest BCUT2D eigenvalue weighted by molar-refractivity contribution is 0.102. The van der Waals surface area contributed by atoms with Gasteiger partial charge in [-0.15, -0.1) is 0 Å². The van der Waals surface area contributed by atoms with Crippen LogP contribution in [0.4, 0.5) is 5.69 Å². The van der Waals surface area contributed by atoms with E-state index < -0.39 is 0 Å². The Balaban J connectivity index is 1.66. The third-order valence-electron chi connectivity index (χ3n) is 4.98. The van der Waals surface area contributed by atoms with Crippen molar-refractivity contribution in [3.05, 3.63) is 93.2 Å². The van der Waals surface area contributed by atoms with Gasteiger partial charge >= 0.3 is 0 Å². The summed E-state index contributed by atoms with van der Waals surface area (Å²) in [4.78, 5) is 18.7. The molecule has 0 bridgehead atoms. The molecule has 0 saturated carbocycles. The van der Waals surface area contributed by atoms with Crippen molar-refractivity contribution in [1.29, 1.82) is 0 Å². The van der Waals surface area contributed by atoms with Crippen LogP contribution < -0.4 is 5.32 Å². The zero-order valence-corrected chi connectivity index (χ0v) is 16.8. The second kappa shape index (κ2) is 7.92. The van der Waals surface area contributed by atoms with E-state index in [0.29, 0.717) is 15.6 Å². The van der Waals surface area contributed by atoms with Crippen molar-refractivity contribution < 1.29 is 4.79 Å². The van der Waals surface area contributed by atoms with E-state index in [2.05, 4.69) is 28.3 Å². The van der Waals surface area contributed by atoms with Crippen molar-refractivity contribution in [2.45, 2.75) is 12.5 Å². The average molecular weight is 412 g/mol. The molecule has 0 aliphatic carbocycles. The summed E-state index contributed by atoms with van der Waals surface area (Å²) in [5.74, 6) is -0.0328. The van der Waals surface area contributed by atoms with Crippen molar-refractivity contribution in [3.8, 4) is 0 Å². The summed E-state index contributed by atoms with van der Waals surface area (Å²) < 4.78 is 0. The summed E-state index contributed by atoms with van der Waals surface area (Å²) in [6.45, 7) is 1.64.